The molecule has 90 heavy (non-hydrogen) atoms. The van der Waals surface area contributed by atoms with Crippen molar-refractivity contribution in [2.45, 2.75) is 375 Å². The highest BCUT2D eigenvalue weighted by Crippen LogP contribution is 2.45. The molecule has 0 radical (unpaired) electrons. The highest BCUT2D eigenvalue weighted by Gasteiger charge is 2.30. The van der Waals surface area contributed by atoms with E-state index in [1.807, 2.05) is 0 Å². The summed E-state index contributed by atoms with van der Waals surface area (Å²) in [7, 11) is -9.90. The fraction of sp³-hybridized carbons (Fsp3) is 0.944. The minimum Gasteiger partial charge on any atom is -0.462 e. The zero-order chi connectivity index (χ0) is 66.6. The van der Waals surface area contributed by atoms with Gasteiger partial charge < -0.3 is 33.8 Å². The van der Waals surface area contributed by atoms with Crippen LogP contribution in [0.4, 0.5) is 0 Å². The Morgan fingerprint density at radius 1 is 0.322 bits per heavy atom. The number of hydrogen-bond acceptors (Lipinski definition) is 15. The highest BCUT2D eigenvalue weighted by atomic mass is 31.2. The summed E-state index contributed by atoms with van der Waals surface area (Å²) in [4.78, 5) is 72.5. The summed E-state index contributed by atoms with van der Waals surface area (Å²) in [5, 5.41) is 10.6. The van der Waals surface area contributed by atoms with Crippen molar-refractivity contribution in [1.29, 1.82) is 0 Å². The Labute approximate surface area is 549 Å². The average molecular weight is 1330 g/mol. The fourth-order valence-corrected chi connectivity index (χ4v) is 12.3. The predicted molar refractivity (Wildman–Crippen MR) is 363 cm³/mol. The lowest BCUT2D eigenvalue weighted by Crippen LogP contribution is -2.30. The van der Waals surface area contributed by atoms with E-state index in [0.717, 1.165) is 108 Å². The summed E-state index contributed by atoms with van der Waals surface area (Å²) in [5.41, 5.74) is 0. The van der Waals surface area contributed by atoms with Gasteiger partial charge in [0.1, 0.15) is 19.3 Å². The number of aliphatic hydroxyl groups is 1. The third kappa shape index (κ3) is 63.5. The molecule has 0 aromatic carbocycles. The number of carbonyl (C=O) groups excluding carboxylic acids is 4. The van der Waals surface area contributed by atoms with Crippen molar-refractivity contribution in [1.82, 2.24) is 0 Å². The number of rotatable bonds is 69. The van der Waals surface area contributed by atoms with E-state index in [-0.39, 0.29) is 25.7 Å². The molecule has 6 atom stereocenters. The average Bonchev–Trinajstić information content (AvgIpc) is 3.34. The van der Waals surface area contributed by atoms with Crippen LogP contribution in [0.3, 0.4) is 0 Å². The van der Waals surface area contributed by atoms with Gasteiger partial charge in [0.15, 0.2) is 12.2 Å². The molecule has 0 bridgehead atoms. The minimum atomic E-state index is -4.95. The van der Waals surface area contributed by atoms with Gasteiger partial charge in [0.25, 0.3) is 0 Å². The Balaban J connectivity index is 5.24. The smallest absolute Gasteiger partial charge is 0.462 e. The first-order valence-corrected chi connectivity index (χ1v) is 39.9. The van der Waals surface area contributed by atoms with Gasteiger partial charge in [0, 0.05) is 25.7 Å². The number of phosphoric ester groups is 2. The number of carbonyl (C=O) groups is 4. The van der Waals surface area contributed by atoms with Crippen LogP contribution in [0.5, 0.6) is 0 Å². The Bertz CT molecular complexity index is 1770. The van der Waals surface area contributed by atoms with Gasteiger partial charge in [-0.15, -0.1) is 0 Å². The highest BCUT2D eigenvalue weighted by molar-refractivity contribution is 7.47. The van der Waals surface area contributed by atoms with Crippen molar-refractivity contribution in [3.8, 4) is 0 Å². The lowest BCUT2D eigenvalue weighted by atomic mass is 9.99. The molecule has 3 N–H and O–H groups in total. The van der Waals surface area contributed by atoms with Crippen LogP contribution in [0, 0.1) is 17.8 Å². The molecule has 0 saturated carbocycles. The number of aliphatic hydroxyl groups excluding tert-OH is 1. The Hall–Kier alpha value is -1.94. The Morgan fingerprint density at radius 3 is 0.844 bits per heavy atom. The van der Waals surface area contributed by atoms with Crippen molar-refractivity contribution in [2.24, 2.45) is 17.8 Å². The van der Waals surface area contributed by atoms with Crippen molar-refractivity contribution in [3.05, 3.63) is 0 Å². The van der Waals surface area contributed by atoms with Gasteiger partial charge in [-0.2, -0.15) is 0 Å². The third-order valence-corrected chi connectivity index (χ3v) is 18.6. The molecule has 0 aliphatic heterocycles. The summed E-state index contributed by atoms with van der Waals surface area (Å²) >= 11 is 0. The van der Waals surface area contributed by atoms with E-state index in [2.05, 4.69) is 48.5 Å². The van der Waals surface area contributed by atoms with Crippen molar-refractivity contribution < 1.29 is 80.2 Å². The second-order valence-electron chi connectivity index (χ2n) is 26.8. The molecule has 0 rings (SSSR count). The first-order valence-electron chi connectivity index (χ1n) is 36.9. The van der Waals surface area contributed by atoms with Crippen LogP contribution in [0.2, 0.25) is 0 Å². The molecule has 0 aromatic rings. The molecular formula is C71H138O17P2. The van der Waals surface area contributed by atoms with E-state index in [1.54, 1.807) is 0 Å². The van der Waals surface area contributed by atoms with Gasteiger partial charge in [0.05, 0.1) is 26.4 Å². The number of esters is 4. The lowest BCUT2D eigenvalue weighted by molar-refractivity contribution is -0.161. The largest absolute Gasteiger partial charge is 0.472 e. The first kappa shape index (κ1) is 88.1. The zero-order valence-electron chi connectivity index (χ0n) is 58.6. The first-order chi connectivity index (χ1) is 43.3. The van der Waals surface area contributed by atoms with Crippen LogP contribution in [-0.2, 0) is 65.4 Å². The number of hydrogen-bond donors (Lipinski definition) is 3. The Morgan fingerprint density at radius 2 is 0.567 bits per heavy atom. The van der Waals surface area contributed by atoms with E-state index < -0.39 is 97.5 Å². The minimum absolute atomic E-state index is 0.106. The van der Waals surface area contributed by atoms with Crippen molar-refractivity contribution >= 4 is 39.5 Å². The number of unbranched alkanes of at least 4 members (excludes halogenated alkanes) is 36. The molecule has 534 valence electrons. The topological polar surface area (TPSA) is 237 Å². The van der Waals surface area contributed by atoms with Crippen LogP contribution in [0.1, 0.15) is 357 Å². The van der Waals surface area contributed by atoms with E-state index in [4.69, 9.17) is 37.0 Å². The maximum atomic E-state index is 13.0. The molecule has 0 aromatic heterocycles. The van der Waals surface area contributed by atoms with Crippen LogP contribution in [0.25, 0.3) is 0 Å². The van der Waals surface area contributed by atoms with Gasteiger partial charge >= 0.3 is 39.5 Å². The van der Waals surface area contributed by atoms with Gasteiger partial charge in [-0.1, -0.05) is 305 Å². The maximum absolute atomic E-state index is 13.0. The van der Waals surface area contributed by atoms with Crippen molar-refractivity contribution in [3.63, 3.8) is 0 Å². The Kier molecular flexibility index (Phi) is 60.6. The summed E-state index contributed by atoms with van der Waals surface area (Å²) < 4.78 is 68.3. The summed E-state index contributed by atoms with van der Waals surface area (Å²) in [5.74, 6) is 0.150. The lowest BCUT2D eigenvalue weighted by Gasteiger charge is -2.21. The standard InChI is InChI=1S/C71H138O17P2/c1-8-10-11-12-13-14-18-26-31-40-47-54-70(75)88-67(59-82-69(74)53-46-39-34-33-36-43-50-63(5)6)61-86-90(79,80)84-57-65(72)56-83-89(77,78)85-60-66(58-81-68(73)52-45-38-30-25-22-21-24-29-37-44-51-64(7)9-2)87-71(76)55-48-41-32-27-20-17-15-16-19-23-28-35-42-49-62(3)4/h62-67,72H,8-61H2,1-7H3,(H,77,78)(H,79,80)/t64?,65-,66-,67-/m1/s1. The molecule has 3 unspecified atom stereocenters. The summed E-state index contributed by atoms with van der Waals surface area (Å²) in [6, 6.07) is 0. The molecule has 0 saturated heterocycles. The van der Waals surface area contributed by atoms with Crippen molar-refractivity contribution in [2.75, 3.05) is 39.6 Å². The molecule has 19 heteroatoms. The summed E-state index contributed by atoms with van der Waals surface area (Å²) in [6.07, 6.45) is 45.8. The van der Waals surface area contributed by atoms with Gasteiger partial charge in [0.2, 0.25) is 0 Å². The van der Waals surface area contributed by atoms with E-state index in [1.165, 1.54) is 161 Å². The molecule has 0 aliphatic rings. The van der Waals surface area contributed by atoms with E-state index >= 15 is 0 Å². The van der Waals surface area contributed by atoms with Crippen LogP contribution < -0.4 is 0 Å². The zero-order valence-corrected chi connectivity index (χ0v) is 60.4. The fourth-order valence-electron chi connectivity index (χ4n) is 10.7. The molecule has 0 spiro atoms. The second kappa shape index (κ2) is 61.9. The van der Waals surface area contributed by atoms with Gasteiger partial charge in [-0.25, -0.2) is 9.13 Å². The van der Waals surface area contributed by atoms with Crippen LogP contribution >= 0.6 is 15.6 Å². The number of phosphoric acid groups is 2. The third-order valence-electron chi connectivity index (χ3n) is 16.7. The SMILES string of the molecule is CCCCCCCCCCCCCC(=O)O[C@H](COC(=O)CCCCCCCCC(C)C)COP(=O)(O)OC[C@H](O)COP(=O)(O)OC[C@@H](COC(=O)CCCCCCCCCCCCC(C)CC)OC(=O)CCCCCCCCCCCCCCCC(C)C. The van der Waals surface area contributed by atoms with Gasteiger partial charge in [-0.3, -0.25) is 37.3 Å². The molecular weight excluding hydrogens is 1190 g/mol. The number of ether oxygens (including phenoxy) is 4. The molecule has 17 nitrogen and oxygen atoms in total. The molecule has 0 aliphatic carbocycles. The maximum Gasteiger partial charge on any atom is 0.472 e. The van der Waals surface area contributed by atoms with E-state index in [9.17, 15) is 43.2 Å². The molecule has 0 heterocycles. The predicted octanol–water partition coefficient (Wildman–Crippen LogP) is 20.2. The molecule has 0 amide bonds. The second-order valence-corrected chi connectivity index (χ2v) is 29.7. The quantitative estimate of drug-likeness (QED) is 0.0222. The van der Waals surface area contributed by atoms with Gasteiger partial charge in [-0.05, 0) is 43.4 Å². The molecule has 0 fully saturated rings. The summed E-state index contributed by atoms with van der Waals surface area (Å²) in [6.45, 7) is 11.8. The van der Waals surface area contributed by atoms with Crippen LogP contribution in [-0.4, -0.2) is 96.7 Å². The van der Waals surface area contributed by atoms with Crippen LogP contribution in [0.15, 0.2) is 0 Å². The van der Waals surface area contributed by atoms with E-state index in [0.29, 0.717) is 31.6 Å². The monoisotopic (exact) mass is 1320 g/mol. The normalized spacial score (nSPS) is 14.5.